The standard InChI is InChI=1S/C20H14BrClN2O2S/c1-13-9-10-24-18(11-13)23-19(14-5-3-2-4-6-14)20(24)27(25,26)15-7-8-16(21)17(22)12-15/h2-12H,1H3. The summed E-state index contributed by atoms with van der Waals surface area (Å²) in [7, 11) is -3.86. The average molecular weight is 462 g/mol. The molecule has 0 radical (unpaired) electrons. The maximum atomic E-state index is 13.5. The molecule has 4 nitrogen and oxygen atoms in total. The van der Waals surface area contributed by atoms with Gasteiger partial charge in [0.15, 0.2) is 5.03 Å². The van der Waals surface area contributed by atoms with Crippen LogP contribution >= 0.6 is 27.5 Å². The van der Waals surface area contributed by atoms with Crippen LogP contribution in [0, 0.1) is 6.92 Å². The zero-order valence-corrected chi connectivity index (χ0v) is 17.4. The SMILES string of the molecule is Cc1ccn2c(S(=O)(=O)c3ccc(Br)c(Cl)c3)c(-c3ccccc3)nc2c1. The highest BCUT2D eigenvalue weighted by molar-refractivity contribution is 9.10. The fourth-order valence-electron chi connectivity index (χ4n) is 2.92. The number of pyridine rings is 1. The van der Waals surface area contributed by atoms with E-state index in [0.29, 0.717) is 20.8 Å². The number of hydrogen-bond donors (Lipinski definition) is 0. The van der Waals surface area contributed by atoms with Gasteiger partial charge in [-0.1, -0.05) is 41.9 Å². The summed E-state index contributed by atoms with van der Waals surface area (Å²) >= 11 is 9.44. The van der Waals surface area contributed by atoms with Crippen molar-refractivity contribution in [2.75, 3.05) is 0 Å². The summed E-state index contributed by atoms with van der Waals surface area (Å²) in [6.45, 7) is 1.94. The maximum Gasteiger partial charge on any atom is 0.224 e. The van der Waals surface area contributed by atoms with Crippen LogP contribution in [0.15, 0.2) is 81.3 Å². The maximum absolute atomic E-state index is 13.5. The quantitative estimate of drug-likeness (QED) is 0.401. The summed E-state index contributed by atoms with van der Waals surface area (Å²) < 4.78 is 29.3. The van der Waals surface area contributed by atoms with Gasteiger partial charge in [-0.15, -0.1) is 0 Å². The van der Waals surface area contributed by atoms with Crippen molar-refractivity contribution in [3.8, 4) is 11.3 Å². The van der Waals surface area contributed by atoms with E-state index in [4.69, 9.17) is 11.6 Å². The largest absolute Gasteiger partial charge is 0.290 e. The number of aromatic nitrogens is 2. The lowest BCUT2D eigenvalue weighted by Crippen LogP contribution is -2.07. The topological polar surface area (TPSA) is 51.4 Å². The molecule has 2 aromatic carbocycles. The third-order valence-electron chi connectivity index (χ3n) is 4.24. The number of imidazole rings is 1. The lowest BCUT2D eigenvalue weighted by Gasteiger charge is -2.09. The van der Waals surface area contributed by atoms with E-state index in [0.717, 1.165) is 11.1 Å². The minimum absolute atomic E-state index is 0.121. The molecule has 0 saturated heterocycles. The van der Waals surface area contributed by atoms with E-state index in [1.807, 2.05) is 49.4 Å². The van der Waals surface area contributed by atoms with Crippen molar-refractivity contribution in [1.29, 1.82) is 0 Å². The second-order valence-corrected chi connectivity index (χ2v) is 9.27. The van der Waals surface area contributed by atoms with E-state index in [1.54, 1.807) is 16.7 Å². The Bertz CT molecular complexity index is 1270. The number of hydrogen-bond acceptors (Lipinski definition) is 3. The Labute approximate surface area is 170 Å². The van der Waals surface area contributed by atoms with Crippen molar-refractivity contribution in [3.05, 3.63) is 81.9 Å². The smallest absolute Gasteiger partial charge is 0.224 e. The first-order valence-electron chi connectivity index (χ1n) is 8.12. The van der Waals surface area contributed by atoms with Gasteiger partial charge in [-0.05, 0) is 58.7 Å². The summed E-state index contributed by atoms with van der Waals surface area (Å²) in [4.78, 5) is 4.74. The van der Waals surface area contributed by atoms with Crippen LogP contribution in [0.3, 0.4) is 0 Å². The second-order valence-electron chi connectivity index (χ2n) is 6.14. The summed E-state index contributed by atoms with van der Waals surface area (Å²) in [5.41, 5.74) is 2.74. The molecule has 7 heteroatoms. The third kappa shape index (κ3) is 3.18. The van der Waals surface area contributed by atoms with Crippen LogP contribution in [-0.2, 0) is 9.84 Å². The number of aryl methyl sites for hydroxylation is 1. The molecule has 0 fully saturated rings. The fraction of sp³-hybridized carbons (Fsp3) is 0.0500. The van der Waals surface area contributed by atoms with Gasteiger partial charge >= 0.3 is 0 Å². The summed E-state index contributed by atoms with van der Waals surface area (Å²) in [5, 5.41) is 0.462. The third-order valence-corrected chi connectivity index (χ3v) is 7.25. The highest BCUT2D eigenvalue weighted by atomic mass is 79.9. The second kappa shape index (κ2) is 6.78. The van der Waals surface area contributed by atoms with Crippen LogP contribution < -0.4 is 0 Å². The van der Waals surface area contributed by atoms with Gasteiger partial charge in [0.1, 0.15) is 11.3 Å². The van der Waals surface area contributed by atoms with Crippen molar-refractivity contribution in [2.45, 2.75) is 16.8 Å². The van der Waals surface area contributed by atoms with E-state index in [1.165, 1.54) is 12.1 Å². The Hall–Kier alpha value is -2.15. The molecule has 0 atom stereocenters. The van der Waals surface area contributed by atoms with Gasteiger partial charge in [-0.25, -0.2) is 13.4 Å². The monoisotopic (exact) mass is 460 g/mol. The first-order chi connectivity index (χ1) is 12.9. The summed E-state index contributed by atoms with van der Waals surface area (Å²) in [6, 6.07) is 17.6. The number of sulfone groups is 1. The molecular weight excluding hydrogens is 448 g/mol. The van der Waals surface area contributed by atoms with E-state index < -0.39 is 9.84 Å². The van der Waals surface area contributed by atoms with Gasteiger partial charge in [-0.3, -0.25) is 4.40 Å². The van der Waals surface area contributed by atoms with Crippen molar-refractivity contribution < 1.29 is 8.42 Å². The average Bonchev–Trinajstić information content (AvgIpc) is 3.04. The number of rotatable bonds is 3. The summed E-state index contributed by atoms with van der Waals surface area (Å²) in [5.74, 6) is 0. The number of nitrogens with zero attached hydrogens (tertiary/aromatic N) is 2. The Kier molecular flexibility index (Phi) is 4.58. The van der Waals surface area contributed by atoms with Gasteiger partial charge in [0, 0.05) is 16.2 Å². The number of halogens is 2. The van der Waals surface area contributed by atoms with Crippen LogP contribution in [0.5, 0.6) is 0 Å². The molecule has 0 N–H and O–H groups in total. The fourth-order valence-corrected chi connectivity index (χ4v) is 4.99. The molecule has 4 rings (SSSR count). The highest BCUT2D eigenvalue weighted by Crippen LogP contribution is 2.34. The molecular formula is C20H14BrClN2O2S. The van der Waals surface area contributed by atoms with Gasteiger partial charge in [0.05, 0.1) is 9.92 Å². The molecule has 0 aliphatic heterocycles. The molecule has 27 heavy (non-hydrogen) atoms. The first kappa shape index (κ1) is 18.2. The van der Waals surface area contributed by atoms with Crippen LogP contribution in [0.4, 0.5) is 0 Å². The molecule has 136 valence electrons. The summed E-state index contributed by atoms with van der Waals surface area (Å²) in [6.07, 6.45) is 1.73. The minimum atomic E-state index is -3.86. The zero-order chi connectivity index (χ0) is 19.2. The number of fused-ring (bicyclic) bond motifs is 1. The molecule has 4 aromatic rings. The Morgan fingerprint density at radius 3 is 2.48 bits per heavy atom. The highest BCUT2D eigenvalue weighted by Gasteiger charge is 2.28. The molecule has 2 aromatic heterocycles. The normalized spacial score (nSPS) is 11.8. The van der Waals surface area contributed by atoms with Crippen molar-refractivity contribution in [3.63, 3.8) is 0 Å². The van der Waals surface area contributed by atoms with Gasteiger partial charge in [0.2, 0.25) is 9.84 Å². The first-order valence-corrected chi connectivity index (χ1v) is 10.8. The van der Waals surface area contributed by atoms with Crippen molar-refractivity contribution in [2.24, 2.45) is 0 Å². The van der Waals surface area contributed by atoms with E-state index in [2.05, 4.69) is 20.9 Å². The van der Waals surface area contributed by atoms with Crippen LogP contribution in [-0.4, -0.2) is 17.8 Å². The van der Waals surface area contributed by atoms with Gasteiger partial charge in [0.25, 0.3) is 0 Å². The van der Waals surface area contributed by atoms with Crippen LogP contribution in [0.25, 0.3) is 16.9 Å². The molecule has 0 amide bonds. The van der Waals surface area contributed by atoms with E-state index in [-0.39, 0.29) is 9.92 Å². The van der Waals surface area contributed by atoms with Crippen molar-refractivity contribution >= 4 is 43.0 Å². The molecule has 0 bridgehead atoms. The lowest BCUT2D eigenvalue weighted by atomic mass is 10.2. The Morgan fingerprint density at radius 1 is 1.04 bits per heavy atom. The van der Waals surface area contributed by atoms with E-state index >= 15 is 0 Å². The Balaban J connectivity index is 2.06. The molecule has 0 aliphatic carbocycles. The molecule has 0 spiro atoms. The predicted molar refractivity (Wildman–Crippen MR) is 110 cm³/mol. The zero-order valence-electron chi connectivity index (χ0n) is 14.2. The van der Waals surface area contributed by atoms with Crippen molar-refractivity contribution in [1.82, 2.24) is 9.38 Å². The van der Waals surface area contributed by atoms with Gasteiger partial charge in [-0.2, -0.15) is 0 Å². The van der Waals surface area contributed by atoms with Crippen LogP contribution in [0.1, 0.15) is 5.56 Å². The molecule has 0 aliphatic rings. The minimum Gasteiger partial charge on any atom is -0.290 e. The molecule has 0 saturated carbocycles. The molecule has 2 heterocycles. The van der Waals surface area contributed by atoms with Crippen LogP contribution in [0.2, 0.25) is 5.02 Å². The Morgan fingerprint density at radius 2 is 1.78 bits per heavy atom. The molecule has 0 unspecified atom stereocenters. The predicted octanol–water partition coefficient (Wildman–Crippen LogP) is 5.56. The van der Waals surface area contributed by atoms with Gasteiger partial charge < -0.3 is 0 Å². The lowest BCUT2D eigenvalue weighted by molar-refractivity contribution is 0.591. The van der Waals surface area contributed by atoms with E-state index in [9.17, 15) is 8.42 Å². The number of benzene rings is 2.